The van der Waals surface area contributed by atoms with Crippen LogP contribution in [0.4, 0.5) is 14.5 Å². The maximum absolute atomic E-state index is 13.7. The number of aromatic nitrogens is 2. The molecule has 0 aliphatic heterocycles. The summed E-state index contributed by atoms with van der Waals surface area (Å²) < 4.78 is 29.6. The van der Waals surface area contributed by atoms with Gasteiger partial charge in [0.1, 0.15) is 17.3 Å². The molecule has 1 aromatic carbocycles. The Hall–Kier alpha value is -3.54. The third-order valence-electron chi connectivity index (χ3n) is 6.38. The third kappa shape index (κ3) is 6.75. The number of amides is 1. The fourth-order valence-corrected chi connectivity index (χ4v) is 4.40. The van der Waals surface area contributed by atoms with Crippen LogP contribution in [0.2, 0.25) is 0 Å². The molecule has 1 unspecified atom stereocenters. The van der Waals surface area contributed by atoms with Crippen LogP contribution in [0.1, 0.15) is 53.5 Å². The Morgan fingerprint density at radius 3 is 2.54 bits per heavy atom. The summed E-state index contributed by atoms with van der Waals surface area (Å²) in [6.45, 7) is 10.5. The highest BCUT2D eigenvalue weighted by Gasteiger charge is 2.32. The van der Waals surface area contributed by atoms with Crippen LogP contribution in [0.3, 0.4) is 0 Å². The van der Waals surface area contributed by atoms with Crippen molar-refractivity contribution in [3.63, 3.8) is 0 Å². The number of imidazole rings is 1. The molecule has 4 nitrogen and oxygen atoms in total. The summed E-state index contributed by atoms with van der Waals surface area (Å²) in [6, 6.07) is 3.77. The monoisotopic (exact) mass is 477 g/mol. The first-order chi connectivity index (χ1) is 16.6. The minimum Gasteiger partial charge on any atom is -0.330 e. The van der Waals surface area contributed by atoms with Crippen molar-refractivity contribution in [2.24, 2.45) is 5.41 Å². The molecular formula is C29H33F2N3O. The van der Waals surface area contributed by atoms with E-state index in [1.807, 2.05) is 37.8 Å². The van der Waals surface area contributed by atoms with Gasteiger partial charge in [0, 0.05) is 18.5 Å². The highest BCUT2D eigenvalue weighted by atomic mass is 19.1. The highest BCUT2D eigenvalue weighted by molar-refractivity contribution is 6.00. The molecule has 1 aliphatic carbocycles. The van der Waals surface area contributed by atoms with Gasteiger partial charge in [-0.05, 0) is 67.9 Å². The molecule has 0 fully saturated rings. The average Bonchev–Trinajstić information content (AvgIpc) is 3.30. The molecular weight excluding hydrogens is 444 g/mol. The normalized spacial score (nSPS) is 19.1. The predicted molar refractivity (Wildman–Crippen MR) is 138 cm³/mol. The molecule has 1 aliphatic rings. The molecule has 0 radical (unpaired) electrons. The van der Waals surface area contributed by atoms with Gasteiger partial charge in [0.05, 0.1) is 12.4 Å². The number of rotatable bonds is 7. The first-order valence-corrected chi connectivity index (χ1v) is 11.7. The zero-order chi connectivity index (χ0) is 25.6. The molecule has 0 saturated carbocycles. The Kier molecular flexibility index (Phi) is 8.39. The van der Waals surface area contributed by atoms with Crippen LogP contribution in [0.15, 0.2) is 95.7 Å². The Bertz CT molecular complexity index is 1190. The number of carbonyl (C=O) groups is 1. The van der Waals surface area contributed by atoms with Gasteiger partial charge in [0.25, 0.3) is 0 Å². The van der Waals surface area contributed by atoms with E-state index in [4.69, 9.17) is 0 Å². The Morgan fingerprint density at radius 1 is 1.17 bits per heavy atom. The van der Waals surface area contributed by atoms with E-state index in [1.165, 1.54) is 23.3 Å². The van der Waals surface area contributed by atoms with Crippen LogP contribution in [-0.2, 0) is 4.79 Å². The van der Waals surface area contributed by atoms with Gasteiger partial charge in [-0.25, -0.2) is 13.8 Å². The van der Waals surface area contributed by atoms with Gasteiger partial charge in [-0.1, -0.05) is 55.9 Å². The second-order valence-corrected chi connectivity index (χ2v) is 9.62. The largest absolute Gasteiger partial charge is 0.330 e. The summed E-state index contributed by atoms with van der Waals surface area (Å²) in [4.78, 5) is 16.3. The summed E-state index contributed by atoms with van der Waals surface area (Å²) in [7, 11) is 0. The van der Waals surface area contributed by atoms with Crippen molar-refractivity contribution in [2.75, 3.05) is 5.32 Å². The van der Waals surface area contributed by atoms with Crippen molar-refractivity contribution >= 4 is 11.6 Å². The van der Waals surface area contributed by atoms with Crippen molar-refractivity contribution in [3.8, 4) is 0 Å². The SMILES string of the molecule is CC(C=CC1=C(C)C(n2ccnc2)CCC1(C)C)=CC=CC(C)=CC(=O)Nc1c(F)cccc1F. The quantitative estimate of drug-likeness (QED) is 0.332. The average molecular weight is 478 g/mol. The Balaban J connectivity index is 1.68. The lowest BCUT2D eigenvalue weighted by Gasteiger charge is -2.37. The van der Waals surface area contributed by atoms with Gasteiger partial charge in [-0.3, -0.25) is 4.79 Å². The standard InChI is InChI=1S/C29H33F2N3O/c1-20(8-6-9-21(2)18-27(35)33-28-24(30)10-7-11-25(28)31)12-13-23-22(3)26(14-15-29(23,4)5)34-17-16-32-19-34/h6-13,16-19,26H,14-15H2,1-5H3,(H,33,35). The van der Waals surface area contributed by atoms with Gasteiger partial charge in [-0.15, -0.1) is 0 Å². The molecule has 0 spiro atoms. The van der Waals surface area contributed by atoms with Crippen molar-refractivity contribution in [3.05, 3.63) is 107 Å². The number of para-hydroxylation sites is 1. The first kappa shape index (κ1) is 26.1. The fraction of sp³-hybridized carbons (Fsp3) is 0.310. The summed E-state index contributed by atoms with van der Waals surface area (Å²) >= 11 is 0. The van der Waals surface area contributed by atoms with E-state index < -0.39 is 23.2 Å². The molecule has 0 saturated heterocycles. The molecule has 1 N–H and O–H groups in total. The maximum Gasteiger partial charge on any atom is 0.248 e. The van der Waals surface area contributed by atoms with Crippen LogP contribution in [-0.4, -0.2) is 15.5 Å². The number of halogens is 2. The lowest BCUT2D eigenvalue weighted by molar-refractivity contribution is -0.112. The van der Waals surface area contributed by atoms with E-state index in [9.17, 15) is 13.6 Å². The number of nitrogens with one attached hydrogen (secondary N) is 1. The van der Waals surface area contributed by atoms with Gasteiger partial charge in [0.15, 0.2) is 0 Å². The van der Waals surface area contributed by atoms with Crippen molar-refractivity contribution in [2.45, 2.75) is 53.5 Å². The van der Waals surface area contributed by atoms with Gasteiger partial charge >= 0.3 is 0 Å². The summed E-state index contributed by atoms with van der Waals surface area (Å²) in [5.74, 6) is -2.22. The summed E-state index contributed by atoms with van der Waals surface area (Å²) in [5.41, 5.74) is 4.06. The Morgan fingerprint density at radius 2 is 1.89 bits per heavy atom. The van der Waals surface area contributed by atoms with E-state index in [1.54, 1.807) is 13.0 Å². The van der Waals surface area contributed by atoms with Crippen LogP contribution >= 0.6 is 0 Å². The zero-order valence-electron chi connectivity index (χ0n) is 21.0. The smallest absolute Gasteiger partial charge is 0.248 e. The van der Waals surface area contributed by atoms with E-state index in [0.717, 1.165) is 30.5 Å². The van der Waals surface area contributed by atoms with Crippen LogP contribution < -0.4 is 5.32 Å². The molecule has 184 valence electrons. The molecule has 1 aromatic heterocycles. The number of benzene rings is 1. The topological polar surface area (TPSA) is 46.9 Å². The lowest BCUT2D eigenvalue weighted by atomic mass is 9.71. The third-order valence-corrected chi connectivity index (χ3v) is 6.38. The van der Waals surface area contributed by atoms with E-state index in [0.29, 0.717) is 11.6 Å². The molecule has 1 atom stereocenters. The molecule has 1 heterocycles. The van der Waals surface area contributed by atoms with Gasteiger partial charge in [-0.2, -0.15) is 0 Å². The molecule has 0 bridgehead atoms. The van der Waals surface area contributed by atoms with Crippen LogP contribution in [0.25, 0.3) is 0 Å². The van der Waals surface area contributed by atoms with E-state index in [-0.39, 0.29) is 5.41 Å². The van der Waals surface area contributed by atoms with Crippen molar-refractivity contribution in [1.29, 1.82) is 0 Å². The lowest BCUT2D eigenvalue weighted by Crippen LogP contribution is -2.25. The fourth-order valence-electron chi connectivity index (χ4n) is 4.40. The predicted octanol–water partition coefficient (Wildman–Crippen LogP) is 7.48. The minimum absolute atomic E-state index is 0.0954. The molecule has 2 aromatic rings. The number of hydrogen-bond donors (Lipinski definition) is 1. The van der Waals surface area contributed by atoms with E-state index in [2.05, 4.69) is 47.8 Å². The Labute approximate surface area is 206 Å². The second kappa shape index (κ2) is 11.3. The number of anilines is 1. The summed E-state index contributed by atoms with van der Waals surface area (Å²) in [5, 5.41) is 2.25. The zero-order valence-corrected chi connectivity index (χ0v) is 21.0. The number of allylic oxidation sites excluding steroid dienone is 9. The molecule has 6 heteroatoms. The molecule has 3 rings (SSSR count). The minimum atomic E-state index is -0.812. The first-order valence-electron chi connectivity index (χ1n) is 11.7. The number of hydrogen-bond acceptors (Lipinski definition) is 2. The van der Waals surface area contributed by atoms with E-state index >= 15 is 0 Å². The van der Waals surface area contributed by atoms with Gasteiger partial charge < -0.3 is 9.88 Å². The highest BCUT2D eigenvalue weighted by Crippen LogP contribution is 2.45. The van der Waals surface area contributed by atoms with Crippen molar-refractivity contribution < 1.29 is 13.6 Å². The molecule has 1 amide bonds. The van der Waals surface area contributed by atoms with Crippen molar-refractivity contribution in [1.82, 2.24) is 9.55 Å². The van der Waals surface area contributed by atoms with Crippen LogP contribution in [0, 0.1) is 17.0 Å². The molecule has 35 heavy (non-hydrogen) atoms. The maximum atomic E-state index is 13.7. The number of carbonyl (C=O) groups excluding carboxylic acids is 1. The number of nitrogens with zero attached hydrogens (tertiary/aromatic N) is 2. The second-order valence-electron chi connectivity index (χ2n) is 9.62. The summed E-state index contributed by atoms with van der Waals surface area (Å²) in [6.07, 6.45) is 19.1. The van der Waals surface area contributed by atoms with Gasteiger partial charge in [0.2, 0.25) is 5.91 Å². The van der Waals surface area contributed by atoms with Crippen LogP contribution in [0.5, 0.6) is 0 Å².